The fourth-order valence-electron chi connectivity index (χ4n) is 3.19. The summed E-state index contributed by atoms with van der Waals surface area (Å²) in [7, 11) is 0. The molecule has 2 aliphatic carbocycles. The molecule has 2 nitrogen and oxygen atoms in total. The number of aliphatic hydroxyl groups is 1. The summed E-state index contributed by atoms with van der Waals surface area (Å²) in [5, 5.41) is 10.6. The van der Waals surface area contributed by atoms with E-state index in [1.165, 1.54) is 5.56 Å². The van der Waals surface area contributed by atoms with Crippen LogP contribution in [0.2, 0.25) is 0 Å². The summed E-state index contributed by atoms with van der Waals surface area (Å²) in [4.78, 5) is 11.2. The highest BCUT2D eigenvalue weighted by Gasteiger charge is 2.53. The van der Waals surface area contributed by atoms with Gasteiger partial charge in [0.1, 0.15) is 5.78 Å². The SMILES string of the molecule is O=C1CCC(O)(C2CC2c2ccccc2)CC1. The lowest BCUT2D eigenvalue weighted by molar-refractivity contribution is -0.126. The lowest BCUT2D eigenvalue weighted by Gasteiger charge is -2.32. The molecule has 1 aromatic rings. The van der Waals surface area contributed by atoms with E-state index >= 15 is 0 Å². The van der Waals surface area contributed by atoms with Crippen LogP contribution < -0.4 is 0 Å². The van der Waals surface area contributed by atoms with Gasteiger partial charge in [0.2, 0.25) is 0 Å². The summed E-state index contributed by atoms with van der Waals surface area (Å²) in [6.07, 6.45) is 3.54. The van der Waals surface area contributed by atoms with E-state index < -0.39 is 5.60 Å². The van der Waals surface area contributed by atoms with E-state index in [0.717, 1.165) is 6.42 Å². The minimum Gasteiger partial charge on any atom is -0.390 e. The number of carbonyl (C=O) groups is 1. The van der Waals surface area contributed by atoms with Crippen molar-refractivity contribution in [3.8, 4) is 0 Å². The Kier molecular flexibility index (Phi) is 2.55. The number of rotatable bonds is 2. The van der Waals surface area contributed by atoms with E-state index in [0.29, 0.717) is 43.3 Å². The molecule has 2 heteroatoms. The number of hydrogen-bond donors (Lipinski definition) is 1. The average molecular weight is 230 g/mol. The van der Waals surface area contributed by atoms with Gasteiger partial charge in [-0.1, -0.05) is 30.3 Å². The third kappa shape index (κ3) is 2.02. The minimum atomic E-state index is -0.575. The maximum atomic E-state index is 11.2. The Labute approximate surface area is 102 Å². The average Bonchev–Trinajstić information content (AvgIpc) is 3.15. The molecule has 0 saturated heterocycles. The molecule has 1 N–H and O–H groups in total. The van der Waals surface area contributed by atoms with Gasteiger partial charge in [0.05, 0.1) is 5.60 Å². The van der Waals surface area contributed by atoms with Crippen molar-refractivity contribution in [2.75, 3.05) is 0 Å². The summed E-state index contributed by atoms with van der Waals surface area (Å²) in [6, 6.07) is 10.4. The predicted octanol–water partition coefficient (Wildman–Crippen LogP) is 2.66. The first-order chi connectivity index (χ1) is 8.19. The number of Topliss-reactive ketones (excluding diaryl/α,β-unsaturated/α-hetero) is 1. The summed E-state index contributed by atoms with van der Waals surface area (Å²) in [6.45, 7) is 0. The first-order valence-corrected chi connectivity index (χ1v) is 6.48. The van der Waals surface area contributed by atoms with Gasteiger partial charge in [-0.2, -0.15) is 0 Å². The van der Waals surface area contributed by atoms with E-state index in [1.807, 2.05) is 6.07 Å². The molecule has 2 unspecified atom stereocenters. The van der Waals surface area contributed by atoms with Gasteiger partial charge in [0.25, 0.3) is 0 Å². The number of hydrogen-bond acceptors (Lipinski definition) is 2. The Hall–Kier alpha value is -1.15. The number of benzene rings is 1. The first kappa shape index (κ1) is 11.0. The summed E-state index contributed by atoms with van der Waals surface area (Å²) in [5.41, 5.74) is 0.761. The minimum absolute atomic E-state index is 0.312. The van der Waals surface area contributed by atoms with Crippen LogP contribution in [0.25, 0.3) is 0 Å². The van der Waals surface area contributed by atoms with E-state index in [4.69, 9.17) is 0 Å². The molecule has 0 spiro atoms. The number of carbonyl (C=O) groups excluding carboxylic acids is 1. The zero-order valence-electron chi connectivity index (χ0n) is 9.93. The molecule has 0 amide bonds. The van der Waals surface area contributed by atoms with Gasteiger partial charge >= 0.3 is 0 Å². The first-order valence-electron chi connectivity index (χ1n) is 6.48. The van der Waals surface area contributed by atoms with Crippen LogP contribution in [0, 0.1) is 5.92 Å². The van der Waals surface area contributed by atoms with Crippen LogP contribution in [0.4, 0.5) is 0 Å². The second-order valence-electron chi connectivity index (χ2n) is 5.50. The van der Waals surface area contributed by atoms with Gasteiger partial charge in [-0.3, -0.25) is 4.79 Å². The normalized spacial score (nSPS) is 31.2. The summed E-state index contributed by atoms with van der Waals surface area (Å²) >= 11 is 0. The second kappa shape index (κ2) is 3.95. The van der Waals surface area contributed by atoms with Gasteiger partial charge in [-0.05, 0) is 36.7 Å². The quantitative estimate of drug-likeness (QED) is 0.848. The zero-order chi connectivity index (χ0) is 11.9. The van der Waals surface area contributed by atoms with Gasteiger partial charge in [0, 0.05) is 12.8 Å². The van der Waals surface area contributed by atoms with Gasteiger partial charge in [0.15, 0.2) is 0 Å². The molecule has 0 heterocycles. The van der Waals surface area contributed by atoms with E-state index in [1.54, 1.807) is 0 Å². The third-order valence-corrected chi connectivity index (χ3v) is 4.38. The van der Waals surface area contributed by atoms with Crippen molar-refractivity contribution in [2.24, 2.45) is 5.92 Å². The molecule has 90 valence electrons. The lowest BCUT2D eigenvalue weighted by Crippen LogP contribution is -2.36. The van der Waals surface area contributed by atoms with Crippen LogP contribution in [0.5, 0.6) is 0 Å². The molecule has 17 heavy (non-hydrogen) atoms. The molecule has 0 bridgehead atoms. The van der Waals surface area contributed by atoms with Gasteiger partial charge in [-0.15, -0.1) is 0 Å². The maximum absolute atomic E-state index is 11.2. The molecular weight excluding hydrogens is 212 g/mol. The van der Waals surface area contributed by atoms with Crippen molar-refractivity contribution < 1.29 is 9.90 Å². The second-order valence-corrected chi connectivity index (χ2v) is 5.50. The molecule has 1 aromatic carbocycles. The lowest BCUT2D eigenvalue weighted by atomic mass is 9.79. The largest absolute Gasteiger partial charge is 0.390 e. The van der Waals surface area contributed by atoms with Crippen LogP contribution in [-0.4, -0.2) is 16.5 Å². The Morgan fingerprint density at radius 2 is 1.76 bits per heavy atom. The fourth-order valence-corrected chi connectivity index (χ4v) is 3.19. The van der Waals surface area contributed by atoms with Crippen molar-refractivity contribution in [3.05, 3.63) is 35.9 Å². The van der Waals surface area contributed by atoms with Crippen LogP contribution in [0.15, 0.2) is 30.3 Å². The summed E-state index contributed by atoms with van der Waals surface area (Å²) < 4.78 is 0. The summed E-state index contributed by atoms with van der Waals surface area (Å²) in [5.74, 6) is 1.19. The standard InChI is InChI=1S/C15H18O2/c16-12-6-8-15(17,9-7-12)14-10-13(14)11-4-2-1-3-5-11/h1-5,13-14,17H,6-10H2. The Bertz CT molecular complexity index is 414. The van der Waals surface area contributed by atoms with Crippen molar-refractivity contribution >= 4 is 5.78 Å². The van der Waals surface area contributed by atoms with Gasteiger partial charge in [-0.25, -0.2) is 0 Å². The molecule has 2 aliphatic rings. The molecule has 2 atom stereocenters. The van der Waals surface area contributed by atoms with Crippen LogP contribution in [0.3, 0.4) is 0 Å². The topological polar surface area (TPSA) is 37.3 Å². The molecule has 0 radical (unpaired) electrons. The Balaban J connectivity index is 1.70. The fraction of sp³-hybridized carbons (Fsp3) is 0.533. The Morgan fingerprint density at radius 1 is 1.12 bits per heavy atom. The van der Waals surface area contributed by atoms with Gasteiger partial charge < -0.3 is 5.11 Å². The van der Waals surface area contributed by atoms with Crippen molar-refractivity contribution in [1.29, 1.82) is 0 Å². The highest BCUT2D eigenvalue weighted by molar-refractivity contribution is 5.79. The van der Waals surface area contributed by atoms with Crippen molar-refractivity contribution in [1.82, 2.24) is 0 Å². The van der Waals surface area contributed by atoms with E-state index in [9.17, 15) is 9.90 Å². The molecule has 3 rings (SSSR count). The highest BCUT2D eigenvalue weighted by atomic mass is 16.3. The monoisotopic (exact) mass is 230 g/mol. The van der Waals surface area contributed by atoms with E-state index in [2.05, 4.69) is 24.3 Å². The molecule has 2 saturated carbocycles. The van der Waals surface area contributed by atoms with Crippen molar-refractivity contribution in [2.45, 2.75) is 43.6 Å². The van der Waals surface area contributed by atoms with E-state index in [-0.39, 0.29) is 0 Å². The zero-order valence-corrected chi connectivity index (χ0v) is 9.93. The van der Waals surface area contributed by atoms with Crippen LogP contribution >= 0.6 is 0 Å². The maximum Gasteiger partial charge on any atom is 0.133 e. The smallest absolute Gasteiger partial charge is 0.133 e. The van der Waals surface area contributed by atoms with Crippen molar-refractivity contribution in [3.63, 3.8) is 0 Å². The van der Waals surface area contributed by atoms with Crippen LogP contribution in [-0.2, 0) is 4.79 Å². The molecule has 0 aliphatic heterocycles. The predicted molar refractivity (Wildman–Crippen MR) is 65.7 cm³/mol. The highest BCUT2D eigenvalue weighted by Crippen LogP contribution is 2.56. The molecular formula is C15H18O2. The van der Waals surface area contributed by atoms with Crippen LogP contribution in [0.1, 0.15) is 43.6 Å². The molecule has 0 aromatic heterocycles. The number of ketones is 1. The Morgan fingerprint density at radius 3 is 2.41 bits per heavy atom. The molecule has 2 fully saturated rings. The third-order valence-electron chi connectivity index (χ3n) is 4.38.